The Kier molecular flexibility index (Phi) is 3.90. The van der Waals surface area contributed by atoms with Gasteiger partial charge in [-0.2, -0.15) is 0 Å². The summed E-state index contributed by atoms with van der Waals surface area (Å²) in [5.74, 6) is -0.147. The highest BCUT2D eigenvalue weighted by Crippen LogP contribution is 2.22. The molecule has 0 atom stereocenters. The summed E-state index contributed by atoms with van der Waals surface area (Å²) in [6, 6.07) is 17.2. The number of carbonyl (C=O) groups excluding carboxylic acids is 1. The van der Waals surface area contributed by atoms with E-state index in [9.17, 15) is 9.59 Å². The van der Waals surface area contributed by atoms with E-state index in [1.54, 1.807) is 29.2 Å². The van der Waals surface area contributed by atoms with Crippen molar-refractivity contribution in [3.05, 3.63) is 82.4 Å². The van der Waals surface area contributed by atoms with Crippen molar-refractivity contribution < 1.29 is 4.79 Å². The quantitative estimate of drug-likeness (QED) is 0.785. The normalized spacial score (nSPS) is 14.4. The predicted molar refractivity (Wildman–Crippen MR) is 97.3 cm³/mol. The fourth-order valence-corrected chi connectivity index (χ4v) is 3.11. The van der Waals surface area contributed by atoms with Crippen LogP contribution in [-0.2, 0) is 0 Å². The van der Waals surface area contributed by atoms with Crippen LogP contribution in [0.4, 0.5) is 0 Å². The maximum atomic E-state index is 12.7. The Hall–Kier alpha value is -3.21. The van der Waals surface area contributed by atoms with Crippen molar-refractivity contribution in [3.63, 3.8) is 0 Å². The van der Waals surface area contributed by atoms with Crippen LogP contribution in [0.3, 0.4) is 0 Å². The van der Waals surface area contributed by atoms with Crippen LogP contribution in [0.2, 0.25) is 0 Å². The van der Waals surface area contributed by atoms with E-state index in [0.29, 0.717) is 24.0 Å². The molecule has 124 valence electrons. The van der Waals surface area contributed by atoms with Crippen molar-refractivity contribution in [1.29, 1.82) is 0 Å². The number of H-pyrrole nitrogens is 1. The average molecular weight is 331 g/mol. The monoisotopic (exact) mass is 331 g/mol. The Morgan fingerprint density at radius 3 is 2.56 bits per heavy atom. The molecule has 3 aromatic rings. The molecule has 0 spiro atoms. The summed E-state index contributed by atoms with van der Waals surface area (Å²) in [7, 11) is 0. The Morgan fingerprint density at radius 1 is 1.04 bits per heavy atom. The lowest BCUT2D eigenvalue weighted by Crippen LogP contribution is -2.36. The van der Waals surface area contributed by atoms with E-state index in [-0.39, 0.29) is 17.3 Å². The lowest BCUT2D eigenvalue weighted by atomic mass is 9.99. The smallest absolute Gasteiger partial charge is 0.290 e. The van der Waals surface area contributed by atoms with E-state index in [2.05, 4.69) is 28.2 Å². The number of aromatic amines is 1. The van der Waals surface area contributed by atoms with Crippen molar-refractivity contribution in [2.75, 3.05) is 13.1 Å². The van der Waals surface area contributed by atoms with E-state index in [1.165, 1.54) is 11.1 Å². The number of nitrogens with one attached hydrogen (secondary N) is 1. The van der Waals surface area contributed by atoms with E-state index >= 15 is 0 Å². The molecule has 1 N–H and O–H groups in total. The Balaban J connectivity index is 1.58. The zero-order chi connectivity index (χ0) is 17.2. The molecule has 0 radical (unpaired) electrons. The molecule has 4 rings (SSSR count). The minimum atomic E-state index is -0.286. The summed E-state index contributed by atoms with van der Waals surface area (Å²) in [6.45, 7) is 1.12. The molecule has 2 heterocycles. The lowest BCUT2D eigenvalue weighted by Gasteiger charge is -2.26. The second kappa shape index (κ2) is 6.36. The van der Waals surface area contributed by atoms with Crippen LogP contribution < -0.4 is 5.56 Å². The maximum Gasteiger partial charge on any atom is 0.290 e. The van der Waals surface area contributed by atoms with Crippen LogP contribution in [0.25, 0.3) is 16.5 Å². The SMILES string of the molecule is O=C(c1nc2ccccc2c(=O)[nH]1)N1CC=C(c2ccccc2)CC1. The number of rotatable bonds is 2. The van der Waals surface area contributed by atoms with E-state index in [1.807, 2.05) is 18.2 Å². The third-order valence-electron chi connectivity index (χ3n) is 4.46. The molecule has 1 aromatic heterocycles. The molecule has 0 bridgehead atoms. The number of amides is 1. The summed E-state index contributed by atoms with van der Waals surface area (Å²) in [5, 5.41) is 0.490. The third kappa shape index (κ3) is 2.96. The van der Waals surface area contributed by atoms with Gasteiger partial charge in [-0.25, -0.2) is 4.98 Å². The van der Waals surface area contributed by atoms with Crippen LogP contribution in [0.1, 0.15) is 22.6 Å². The number of aromatic nitrogens is 2. The van der Waals surface area contributed by atoms with E-state index in [0.717, 1.165) is 6.42 Å². The molecule has 1 aliphatic heterocycles. The first kappa shape index (κ1) is 15.3. The molecule has 0 unspecified atom stereocenters. The number of carbonyl (C=O) groups is 1. The summed E-state index contributed by atoms with van der Waals surface area (Å²) in [4.78, 5) is 33.5. The third-order valence-corrected chi connectivity index (χ3v) is 4.46. The highest BCUT2D eigenvalue weighted by molar-refractivity contribution is 5.93. The number of benzene rings is 2. The number of fused-ring (bicyclic) bond motifs is 1. The number of hydrogen-bond donors (Lipinski definition) is 1. The zero-order valence-corrected chi connectivity index (χ0v) is 13.6. The first-order valence-corrected chi connectivity index (χ1v) is 8.25. The maximum absolute atomic E-state index is 12.7. The largest absolute Gasteiger partial charge is 0.332 e. The second-order valence-electron chi connectivity index (χ2n) is 6.03. The van der Waals surface area contributed by atoms with Gasteiger partial charge in [0, 0.05) is 13.1 Å². The number of nitrogens with zero attached hydrogens (tertiary/aromatic N) is 2. The van der Waals surface area contributed by atoms with Gasteiger partial charge in [0.2, 0.25) is 0 Å². The summed E-state index contributed by atoms with van der Waals surface area (Å²) in [5.41, 5.74) is 2.68. The molecule has 1 amide bonds. The predicted octanol–water partition coefficient (Wildman–Crippen LogP) is 2.85. The molecule has 5 heteroatoms. The fourth-order valence-electron chi connectivity index (χ4n) is 3.11. The Morgan fingerprint density at radius 2 is 1.80 bits per heavy atom. The van der Waals surface area contributed by atoms with Crippen LogP contribution in [0, 0.1) is 0 Å². The highest BCUT2D eigenvalue weighted by Gasteiger charge is 2.21. The van der Waals surface area contributed by atoms with Gasteiger partial charge in [-0.05, 0) is 29.7 Å². The van der Waals surface area contributed by atoms with Gasteiger partial charge in [0.15, 0.2) is 5.82 Å². The minimum Gasteiger partial charge on any atom is -0.332 e. The first-order chi connectivity index (χ1) is 12.2. The van der Waals surface area contributed by atoms with Gasteiger partial charge >= 0.3 is 0 Å². The van der Waals surface area contributed by atoms with Crippen molar-refractivity contribution >= 4 is 22.4 Å². The molecular formula is C20H17N3O2. The number of para-hydroxylation sites is 1. The molecule has 1 aliphatic rings. The first-order valence-electron chi connectivity index (χ1n) is 8.25. The lowest BCUT2D eigenvalue weighted by molar-refractivity contribution is 0.0760. The van der Waals surface area contributed by atoms with Crippen molar-refractivity contribution in [3.8, 4) is 0 Å². The number of hydrogen-bond acceptors (Lipinski definition) is 3. The van der Waals surface area contributed by atoms with Crippen LogP contribution in [0.15, 0.2) is 65.5 Å². The van der Waals surface area contributed by atoms with E-state index < -0.39 is 0 Å². The van der Waals surface area contributed by atoms with Crippen molar-refractivity contribution in [1.82, 2.24) is 14.9 Å². The summed E-state index contributed by atoms with van der Waals surface area (Å²) >= 11 is 0. The standard InChI is InChI=1S/C20H17N3O2/c24-19-16-8-4-5-9-17(16)21-18(22-19)20(25)23-12-10-15(11-13-23)14-6-2-1-3-7-14/h1-10H,11-13H2,(H,21,22,24). The molecule has 2 aromatic carbocycles. The average Bonchev–Trinajstić information content (AvgIpc) is 2.68. The van der Waals surface area contributed by atoms with Gasteiger partial charge in [0.25, 0.3) is 11.5 Å². The second-order valence-corrected chi connectivity index (χ2v) is 6.03. The van der Waals surface area contributed by atoms with Gasteiger partial charge in [-0.1, -0.05) is 48.5 Å². The molecule has 0 saturated carbocycles. The topological polar surface area (TPSA) is 66.1 Å². The zero-order valence-electron chi connectivity index (χ0n) is 13.6. The van der Waals surface area contributed by atoms with Crippen molar-refractivity contribution in [2.45, 2.75) is 6.42 Å². The highest BCUT2D eigenvalue weighted by atomic mass is 16.2. The molecule has 0 aliphatic carbocycles. The van der Waals surface area contributed by atoms with Gasteiger partial charge in [-0.15, -0.1) is 0 Å². The molecular weight excluding hydrogens is 314 g/mol. The summed E-state index contributed by atoms with van der Waals surface area (Å²) < 4.78 is 0. The van der Waals surface area contributed by atoms with Gasteiger partial charge < -0.3 is 9.88 Å². The van der Waals surface area contributed by atoms with Gasteiger partial charge in [-0.3, -0.25) is 9.59 Å². The Bertz CT molecular complexity index is 1020. The van der Waals surface area contributed by atoms with Crippen LogP contribution in [-0.4, -0.2) is 33.9 Å². The summed E-state index contributed by atoms with van der Waals surface area (Å²) in [6.07, 6.45) is 2.85. The molecule has 0 fully saturated rings. The van der Waals surface area contributed by atoms with Gasteiger partial charge in [0.05, 0.1) is 10.9 Å². The molecule has 0 saturated heterocycles. The fraction of sp³-hybridized carbons (Fsp3) is 0.150. The Labute approximate surface area is 144 Å². The molecule has 5 nitrogen and oxygen atoms in total. The van der Waals surface area contributed by atoms with E-state index in [4.69, 9.17) is 0 Å². The minimum absolute atomic E-state index is 0.0975. The van der Waals surface area contributed by atoms with Gasteiger partial charge in [0.1, 0.15) is 0 Å². The molecule has 25 heavy (non-hydrogen) atoms. The van der Waals surface area contributed by atoms with Crippen LogP contribution >= 0.6 is 0 Å². The van der Waals surface area contributed by atoms with Crippen LogP contribution in [0.5, 0.6) is 0 Å². The van der Waals surface area contributed by atoms with Crippen molar-refractivity contribution in [2.24, 2.45) is 0 Å².